The molecule has 9 heterocycles. The van der Waals surface area contributed by atoms with Crippen LogP contribution in [-0.4, -0.2) is 167 Å². The Balaban J connectivity index is 0.866. The van der Waals surface area contributed by atoms with Crippen molar-refractivity contribution >= 4 is 89.7 Å². The van der Waals surface area contributed by atoms with Crippen molar-refractivity contribution in [2.75, 3.05) is 44.1 Å². The molecule has 3 aliphatic heterocycles. The molecule has 37 nitrogen and oxygen atoms in total. The Morgan fingerprint density at radius 3 is 2.08 bits per heavy atom. The highest BCUT2D eigenvalue weighted by Crippen LogP contribution is 2.68. The molecule has 0 saturated carbocycles. The Morgan fingerprint density at radius 1 is 0.737 bits per heavy atom. The van der Waals surface area contributed by atoms with Crippen molar-refractivity contribution < 1.29 is 98.5 Å². The number of aliphatic hydroxyl groups is 3. The maximum Gasteiger partial charge on any atom is 0.485 e. The van der Waals surface area contributed by atoms with E-state index < -0.39 is 135 Å². The summed E-state index contributed by atoms with van der Waals surface area (Å²) < 4.78 is 111. The number of phosphoric acid groups is 3. The normalized spacial score (nSPS) is 30.2. The molecular formula is C34H47BN15O22P4. The van der Waals surface area contributed by atoms with E-state index in [0.717, 1.165) is 24.3 Å². The molecular weight excluding hydrogens is 1110 g/mol. The zero-order valence-corrected chi connectivity index (χ0v) is 42.9. The van der Waals surface area contributed by atoms with Gasteiger partial charge in [0, 0.05) is 13.0 Å². The molecule has 413 valence electrons. The first-order chi connectivity index (χ1) is 35.7. The Kier molecular flexibility index (Phi) is 15.4. The van der Waals surface area contributed by atoms with E-state index in [1.54, 1.807) is 6.92 Å². The Bertz CT molecular complexity index is 3490. The Hall–Kier alpha value is -5.01. The molecule has 9 rings (SSSR count). The van der Waals surface area contributed by atoms with Crippen molar-refractivity contribution in [3.8, 4) is 0 Å². The molecule has 0 bridgehead atoms. The number of fused-ring (bicyclic) bond motifs is 3. The molecule has 0 amide bonds. The van der Waals surface area contributed by atoms with Crippen molar-refractivity contribution in [1.29, 1.82) is 0 Å². The Morgan fingerprint density at radius 2 is 1.37 bits per heavy atom. The number of methoxy groups -OCH3 is 1. The van der Waals surface area contributed by atoms with Gasteiger partial charge in [-0.15, -0.1) is 0 Å². The SMILES string of the molecule is [B-]P(=O)(OC[C@H]1O[C@@H]([n+]2cn(C)c3c(=O)[nH]c(N)nc32)[C@H](O)[C@@H]1CC)OP(=O)(O)OP(=O)(O)OC[C@H]1O[C@@H](n2cnc3c(N)ncnc32)[C@H](OC)[C@@H]1OP(=O)(O)OC[C@H]1O[C@@H](n2cnc3c(=O)[nH]c(N)nc32)[C@H](O)[C@@H]1O. The first-order valence-electron chi connectivity index (χ1n) is 22.1. The summed E-state index contributed by atoms with van der Waals surface area (Å²) >= 11 is 0. The highest BCUT2D eigenvalue weighted by molar-refractivity contribution is 7.84. The molecule has 6 aromatic rings. The van der Waals surface area contributed by atoms with Gasteiger partial charge >= 0.3 is 29.1 Å². The topological polar surface area (TPSA) is 522 Å². The van der Waals surface area contributed by atoms with Gasteiger partial charge in [0.25, 0.3) is 17.1 Å². The number of hydrogen-bond acceptors (Lipinski definition) is 28. The fraction of sp³-hybridized carbons (Fsp3) is 0.559. The summed E-state index contributed by atoms with van der Waals surface area (Å²) in [7, 11) is -14.3. The van der Waals surface area contributed by atoms with Crippen LogP contribution >= 0.6 is 30.9 Å². The van der Waals surface area contributed by atoms with Gasteiger partial charge < -0.3 is 82.8 Å². The van der Waals surface area contributed by atoms with E-state index in [1.807, 2.05) is 0 Å². The van der Waals surface area contributed by atoms with E-state index in [1.165, 1.54) is 33.4 Å². The molecule has 3 aliphatic rings. The summed E-state index contributed by atoms with van der Waals surface area (Å²) in [6.45, 7) is -1.26. The molecule has 16 atom stereocenters. The van der Waals surface area contributed by atoms with Gasteiger partial charge in [-0.1, -0.05) is 11.9 Å². The molecule has 0 aliphatic carbocycles. The minimum absolute atomic E-state index is 0.0324. The number of rotatable bonds is 20. The lowest BCUT2D eigenvalue weighted by atomic mass is 9.95. The van der Waals surface area contributed by atoms with Crippen LogP contribution in [-0.2, 0) is 71.0 Å². The quantitative estimate of drug-likeness (QED) is 0.0208. The number of phosphoric ester groups is 2. The highest BCUT2D eigenvalue weighted by Gasteiger charge is 2.53. The second-order valence-corrected chi connectivity index (χ2v) is 23.3. The molecule has 14 N–H and O–H groups in total. The third-order valence-electron chi connectivity index (χ3n) is 12.2. The van der Waals surface area contributed by atoms with Gasteiger partial charge in [0.1, 0.15) is 54.6 Å². The fourth-order valence-electron chi connectivity index (χ4n) is 8.90. The number of anilines is 3. The molecule has 76 heavy (non-hydrogen) atoms. The monoisotopic (exact) mass is 1150 g/mol. The van der Waals surface area contributed by atoms with Gasteiger partial charge in [-0.3, -0.25) is 46.8 Å². The number of aliphatic hydroxyl groups excluding tert-OH is 3. The zero-order chi connectivity index (χ0) is 55.0. The van der Waals surface area contributed by atoms with Gasteiger partial charge in [-0.05, 0) is 6.42 Å². The first-order valence-corrected chi connectivity index (χ1v) is 28.2. The number of hydrogen-bond donors (Lipinski definition) is 11. The molecule has 42 heteroatoms. The lowest BCUT2D eigenvalue weighted by Gasteiger charge is -2.30. The summed E-state index contributed by atoms with van der Waals surface area (Å²) in [5.74, 6) is -1.38. The molecule has 0 spiro atoms. The fourth-order valence-corrected chi connectivity index (χ4v) is 13.5. The molecule has 4 unspecified atom stereocenters. The summed E-state index contributed by atoms with van der Waals surface area (Å²) in [4.78, 5) is 86.0. The van der Waals surface area contributed by atoms with Crippen molar-refractivity contribution in [3.63, 3.8) is 0 Å². The summed E-state index contributed by atoms with van der Waals surface area (Å²) in [5.41, 5.74) is 16.0. The smallest absolute Gasteiger partial charge is 0.443 e. The van der Waals surface area contributed by atoms with Crippen LogP contribution in [0.1, 0.15) is 32.0 Å². The number of H-pyrrole nitrogens is 2. The van der Waals surface area contributed by atoms with Gasteiger partial charge in [-0.25, -0.2) is 42.5 Å². The largest absolute Gasteiger partial charge is 0.485 e. The summed E-state index contributed by atoms with van der Waals surface area (Å²) in [5, 5.41) is 33.0. The van der Waals surface area contributed by atoms with Crippen LogP contribution in [0.3, 0.4) is 0 Å². The average molecular weight is 1150 g/mol. The second-order valence-electron chi connectivity index (χ2n) is 17.1. The number of nitrogen functional groups attached to an aromatic ring is 3. The van der Waals surface area contributed by atoms with E-state index in [4.69, 9.17) is 61.8 Å². The lowest BCUT2D eigenvalue weighted by Crippen LogP contribution is -2.45. The number of ether oxygens (including phenoxy) is 4. The van der Waals surface area contributed by atoms with Crippen LogP contribution < -0.4 is 32.9 Å². The zero-order valence-electron chi connectivity index (χ0n) is 39.4. The third-order valence-corrected chi connectivity index (χ3v) is 17.6. The van der Waals surface area contributed by atoms with Crippen LogP contribution in [0.2, 0.25) is 0 Å². The number of aromatic nitrogens is 12. The van der Waals surface area contributed by atoms with E-state index >= 15 is 0 Å². The maximum absolute atomic E-state index is 13.7. The first kappa shape index (κ1) is 55.7. The average Bonchev–Trinajstić information content (AvgIpc) is 4.21. The van der Waals surface area contributed by atoms with E-state index in [9.17, 15) is 57.8 Å². The number of nitrogens with one attached hydrogen (secondary N) is 2. The summed E-state index contributed by atoms with van der Waals surface area (Å²) in [6, 6.07) is 0. The lowest BCUT2D eigenvalue weighted by molar-refractivity contribution is -0.745. The van der Waals surface area contributed by atoms with Crippen molar-refractivity contribution in [2.45, 2.75) is 80.9 Å². The van der Waals surface area contributed by atoms with Crippen LogP contribution in [0.25, 0.3) is 33.5 Å². The van der Waals surface area contributed by atoms with Crippen molar-refractivity contribution in [2.24, 2.45) is 13.0 Å². The molecule has 3 radical (unpaired) electrons. The number of aromatic amines is 2. The Labute approximate surface area is 424 Å². The van der Waals surface area contributed by atoms with E-state index in [-0.39, 0.29) is 57.6 Å². The number of nitrogens with two attached hydrogens (primary N) is 3. The van der Waals surface area contributed by atoms with Crippen LogP contribution in [0.15, 0.2) is 34.9 Å². The highest BCUT2D eigenvalue weighted by atomic mass is 31.3. The standard InChI is InChI=1S/C34H46BN15O22P4/c1-4-12-13(67-30(19(12)51)50-11-47(2)18-27(50)44-34(38)46-29(18)55)5-64-73(35,56)71-76(61,62)72-75(59,60)66-7-15-22(23(63-3)32(69-15)48-9-41-16-24(36)39-8-40-25(16)48)70-74(57,58)65-6-14-20(52)21(53)31(68-14)49-10-42-17-26(49)43-33(37)45-28(17)54/h8-15,19-23,30-32,51-53H,4-7H2,1-3H3,(H10-,36,37,38,39,40,43,44,45,46,54,55,57,58,59,60,61,62)/q-1/p+1/t12-,13-,14-,15-,19-,20-,21-,22-,23-,30-,31-,32-,73?/m1/s1. The van der Waals surface area contributed by atoms with Crippen molar-refractivity contribution in [1.82, 2.24) is 53.6 Å². The third kappa shape index (κ3) is 11.0. The van der Waals surface area contributed by atoms with Crippen LogP contribution in [0.5, 0.6) is 0 Å². The van der Waals surface area contributed by atoms with Crippen LogP contribution in [0.4, 0.5) is 17.7 Å². The second kappa shape index (κ2) is 21.0. The number of nitrogens with zero attached hydrogens (tertiary/aromatic N) is 10. The molecule has 6 aromatic heterocycles. The van der Waals surface area contributed by atoms with E-state index in [0.29, 0.717) is 0 Å². The molecule has 0 aromatic carbocycles. The molecule has 3 saturated heterocycles. The number of aryl methyl sites for hydroxylation is 1. The number of imidazole rings is 3. The van der Waals surface area contributed by atoms with Gasteiger partial charge in [0.05, 0.1) is 53.1 Å². The minimum Gasteiger partial charge on any atom is -0.443 e. The predicted molar refractivity (Wildman–Crippen MR) is 250 cm³/mol. The van der Waals surface area contributed by atoms with Gasteiger partial charge in [0.2, 0.25) is 17.7 Å². The van der Waals surface area contributed by atoms with Crippen LogP contribution in [0, 0.1) is 5.92 Å². The van der Waals surface area contributed by atoms with Gasteiger partial charge in [0.15, 0.2) is 41.4 Å². The maximum atomic E-state index is 13.7. The molecule has 3 fully saturated rings. The summed E-state index contributed by atoms with van der Waals surface area (Å²) in [6.07, 6.45) is -11.9. The van der Waals surface area contributed by atoms with E-state index in [2.05, 4.69) is 48.5 Å². The van der Waals surface area contributed by atoms with Gasteiger partial charge in [-0.2, -0.15) is 9.29 Å². The van der Waals surface area contributed by atoms with Crippen molar-refractivity contribution in [3.05, 3.63) is 46.0 Å². The minimum atomic E-state index is -6.02. The predicted octanol–water partition coefficient (Wildman–Crippen LogP) is -2.87.